The van der Waals surface area contributed by atoms with E-state index in [4.69, 9.17) is 18.0 Å². The molecule has 2 rings (SSSR count). The molecule has 0 aliphatic rings. The number of para-hydroxylation sites is 1. The number of amides is 1. The number of aromatic nitrogens is 2. The van der Waals surface area contributed by atoms with E-state index in [1.165, 1.54) is 0 Å². The number of nitrogens with two attached hydrogens (primary N) is 1. The molecule has 6 heteroatoms. The van der Waals surface area contributed by atoms with Gasteiger partial charge in [0.15, 0.2) is 0 Å². The smallest absolute Gasteiger partial charge is 0.254 e. The second kappa shape index (κ2) is 5.92. The van der Waals surface area contributed by atoms with E-state index in [2.05, 4.69) is 15.3 Å². The Morgan fingerprint density at radius 2 is 2.00 bits per heavy atom. The summed E-state index contributed by atoms with van der Waals surface area (Å²) in [5, 5.41) is 2.85. The van der Waals surface area contributed by atoms with Gasteiger partial charge in [0.25, 0.3) is 5.91 Å². The van der Waals surface area contributed by atoms with Crippen molar-refractivity contribution in [3.8, 4) is 0 Å². The first-order chi connectivity index (χ1) is 9.50. The lowest BCUT2D eigenvalue weighted by Gasteiger charge is -2.21. The largest absolute Gasteiger partial charge is 0.392 e. The van der Waals surface area contributed by atoms with Crippen LogP contribution in [0, 0.1) is 5.92 Å². The Balaban J connectivity index is 2.34. The molecule has 0 spiro atoms. The lowest BCUT2D eigenvalue weighted by molar-refractivity contribution is 0.0941. The number of nitrogens with one attached hydrogen (secondary N) is 1. The SMILES string of the molecule is CC(C)C(NC(=O)c1cccc2nccnc12)C(N)=S. The average molecular weight is 288 g/mol. The van der Waals surface area contributed by atoms with E-state index in [0.717, 1.165) is 0 Å². The van der Waals surface area contributed by atoms with Crippen molar-refractivity contribution in [2.45, 2.75) is 19.9 Å². The molecule has 0 radical (unpaired) electrons. The molecule has 1 amide bonds. The Bertz CT molecular complexity index is 651. The van der Waals surface area contributed by atoms with Gasteiger partial charge in [-0.05, 0) is 18.1 Å². The first-order valence-electron chi connectivity index (χ1n) is 6.30. The van der Waals surface area contributed by atoms with Gasteiger partial charge < -0.3 is 11.1 Å². The number of benzene rings is 1. The van der Waals surface area contributed by atoms with Crippen molar-refractivity contribution in [2.75, 3.05) is 0 Å². The number of rotatable bonds is 4. The van der Waals surface area contributed by atoms with E-state index >= 15 is 0 Å². The molecule has 0 saturated heterocycles. The number of carbonyl (C=O) groups is 1. The molecule has 1 aromatic heterocycles. The maximum Gasteiger partial charge on any atom is 0.254 e. The van der Waals surface area contributed by atoms with E-state index in [0.29, 0.717) is 16.6 Å². The van der Waals surface area contributed by atoms with Crippen molar-refractivity contribution in [1.29, 1.82) is 0 Å². The van der Waals surface area contributed by atoms with Gasteiger partial charge in [-0.1, -0.05) is 32.1 Å². The lowest BCUT2D eigenvalue weighted by atomic mass is 10.0. The van der Waals surface area contributed by atoms with Crippen molar-refractivity contribution >= 4 is 34.1 Å². The number of carbonyl (C=O) groups excluding carboxylic acids is 1. The summed E-state index contributed by atoms with van der Waals surface area (Å²) in [5.41, 5.74) is 7.38. The average Bonchev–Trinajstić information content (AvgIpc) is 2.43. The number of fused-ring (bicyclic) bond motifs is 1. The van der Waals surface area contributed by atoms with Gasteiger partial charge in [0.1, 0.15) is 5.52 Å². The molecule has 0 aliphatic carbocycles. The zero-order valence-corrected chi connectivity index (χ0v) is 12.1. The molecule has 1 unspecified atom stereocenters. The number of hydrogen-bond donors (Lipinski definition) is 2. The molecule has 104 valence electrons. The highest BCUT2D eigenvalue weighted by molar-refractivity contribution is 7.80. The Kier molecular flexibility index (Phi) is 4.24. The summed E-state index contributed by atoms with van der Waals surface area (Å²) in [6.07, 6.45) is 3.16. The van der Waals surface area contributed by atoms with Crippen LogP contribution in [-0.4, -0.2) is 26.9 Å². The lowest BCUT2D eigenvalue weighted by Crippen LogP contribution is -2.46. The number of nitrogens with zero attached hydrogens (tertiary/aromatic N) is 2. The van der Waals surface area contributed by atoms with Gasteiger partial charge >= 0.3 is 0 Å². The number of hydrogen-bond acceptors (Lipinski definition) is 4. The van der Waals surface area contributed by atoms with Crippen LogP contribution < -0.4 is 11.1 Å². The van der Waals surface area contributed by atoms with Gasteiger partial charge in [0, 0.05) is 12.4 Å². The zero-order valence-electron chi connectivity index (χ0n) is 11.3. The van der Waals surface area contributed by atoms with E-state index in [-0.39, 0.29) is 22.9 Å². The summed E-state index contributed by atoms with van der Waals surface area (Å²) in [7, 11) is 0. The molecule has 0 fully saturated rings. The summed E-state index contributed by atoms with van der Waals surface area (Å²) < 4.78 is 0. The maximum atomic E-state index is 12.4. The molecular formula is C14H16N4OS. The third-order valence-corrected chi connectivity index (χ3v) is 3.26. The van der Waals surface area contributed by atoms with Gasteiger partial charge in [-0.3, -0.25) is 14.8 Å². The summed E-state index contributed by atoms with van der Waals surface area (Å²) in [6, 6.07) is 4.96. The van der Waals surface area contributed by atoms with Crippen LogP contribution in [0.4, 0.5) is 0 Å². The zero-order chi connectivity index (χ0) is 14.7. The van der Waals surface area contributed by atoms with Crippen LogP contribution in [-0.2, 0) is 0 Å². The van der Waals surface area contributed by atoms with Crippen molar-refractivity contribution in [3.05, 3.63) is 36.2 Å². The van der Waals surface area contributed by atoms with Crippen molar-refractivity contribution in [1.82, 2.24) is 15.3 Å². The first-order valence-corrected chi connectivity index (χ1v) is 6.71. The second-order valence-corrected chi connectivity index (χ2v) is 5.30. The monoisotopic (exact) mass is 288 g/mol. The Labute approximate surface area is 122 Å². The van der Waals surface area contributed by atoms with Gasteiger partial charge in [-0.25, -0.2) is 0 Å². The number of thiocarbonyl (C=S) groups is 1. The molecule has 2 aromatic rings. The fraction of sp³-hybridized carbons (Fsp3) is 0.286. The highest BCUT2D eigenvalue weighted by atomic mass is 32.1. The first kappa shape index (κ1) is 14.3. The fourth-order valence-electron chi connectivity index (χ4n) is 1.96. The summed E-state index contributed by atoms with van der Waals surface area (Å²) >= 11 is 4.99. The molecule has 20 heavy (non-hydrogen) atoms. The van der Waals surface area contributed by atoms with Crippen LogP contribution >= 0.6 is 12.2 Å². The third-order valence-electron chi connectivity index (χ3n) is 3.00. The van der Waals surface area contributed by atoms with E-state index in [1.807, 2.05) is 19.9 Å². The predicted molar refractivity (Wildman–Crippen MR) is 82.4 cm³/mol. The fourth-order valence-corrected chi connectivity index (χ4v) is 2.29. The van der Waals surface area contributed by atoms with Crippen molar-refractivity contribution < 1.29 is 4.79 Å². The van der Waals surface area contributed by atoms with E-state index in [1.54, 1.807) is 24.5 Å². The molecule has 0 saturated carbocycles. The van der Waals surface area contributed by atoms with Crippen LogP contribution in [0.2, 0.25) is 0 Å². The molecular weight excluding hydrogens is 272 g/mol. The molecule has 0 bridgehead atoms. The summed E-state index contributed by atoms with van der Waals surface area (Å²) in [4.78, 5) is 21.1. The Morgan fingerprint density at radius 3 is 2.65 bits per heavy atom. The molecule has 1 heterocycles. The van der Waals surface area contributed by atoms with Crippen LogP contribution in [0.3, 0.4) is 0 Å². The molecule has 3 N–H and O–H groups in total. The van der Waals surface area contributed by atoms with Crippen LogP contribution in [0.25, 0.3) is 11.0 Å². The molecule has 1 aromatic carbocycles. The van der Waals surface area contributed by atoms with Crippen LogP contribution in [0.15, 0.2) is 30.6 Å². The van der Waals surface area contributed by atoms with Crippen molar-refractivity contribution in [2.24, 2.45) is 11.7 Å². The third kappa shape index (κ3) is 2.91. The van der Waals surface area contributed by atoms with E-state index < -0.39 is 0 Å². The normalized spacial score (nSPS) is 12.3. The maximum absolute atomic E-state index is 12.4. The minimum Gasteiger partial charge on any atom is -0.392 e. The molecule has 5 nitrogen and oxygen atoms in total. The standard InChI is InChI=1S/C14H16N4OS/c1-8(2)11(13(15)20)18-14(19)9-4-3-5-10-12(9)17-7-6-16-10/h3-8,11H,1-2H3,(H2,15,20)(H,18,19). The van der Waals surface area contributed by atoms with Gasteiger partial charge in [-0.15, -0.1) is 0 Å². The topological polar surface area (TPSA) is 80.9 Å². The highest BCUT2D eigenvalue weighted by Crippen LogP contribution is 2.14. The van der Waals surface area contributed by atoms with Gasteiger partial charge in [-0.2, -0.15) is 0 Å². The van der Waals surface area contributed by atoms with Crippen molar-refractivity contribution in [3.63, 3.8) is 0 Å². The van der Waals surface area contributed by atoms with E-state index in [9.17, 15) is 4.79 Å². The van der Waals surface area contributed by atoms with Gasteiger partial charge in [0.05, 0.1) is 22.1 Å². The van der Waals surface area contributed by atoms with Crippen LogP contribution in [0.5, 0.6) is 0 Å². The minimum absolute atomic E-state index is 0.123. The Morgan fingerprint density at radius 1 is 1.30 bits per heavy atom. The minimum atomic E-state index is -0.343. The Hall–Kier alpha value is -2.08. The quantitative estimate of drug-likeness (QED) is 0.836. The molecule has 0 aliphatic heterocycles. The predicted octanol–water partition coefficient (Wildman–Crippen LogP) is 1.67. The van der Waals surface area contributed by atoms with Gasteiger partial charge in [0.2, 0.25) is 0 Å². The second-order valence-electron chi connectivity index (χ2n) is 4.83. The summed E-state index contributed by atoms with van der Waals surface area (Å²) in [6.45, 7) is 3.90. The summed E-state index contributed by atoms with van der Waals surface area (Å²) in [5.74, 6) is -0.125. The van der Waals surface area contributed by atoms with Crippen LogP contribution in [0.1, 0.15) is 24.2 Å². The highest BCUT2D eigenvalue weighted by Gasteiger charge is 2.21. The molecule has 1 atom stereocenters.